The van der Waals surface area contributed by atoms with Gasteiger partial charge in [-0.1, -0.05) is 49.9 Å². The summed E-state index contributed by atoms with van der Waals surface area (Å²) >= 11 is 0. The molecule has 0 heterocycles. The Balaban J connectivity index is 2.55. The molecule has 0 radical (unpaired) electrons. The van der Waals surface area contributed by atoms with E-state index in [-0.39, 0.29) is 0 Å². The molecule has 0 saturated heterocycles. The maximum absolute atomic E-state index is 5.93. The number of allylic oxidation sites excluding steroid dienone is 4. The molecule has 0 aromatic rings. The van der Waals surface area contributed by atoms with Crippen molar-refractivity contribution < 1.29 is 13.3 Å². The van der Waals surface area contributed by atoms with Gasteiger partial charge in [-0.25, -0.2) is 0 Å². The Morgan fingerprint density at radius 1 is 0.810 bits per heavy atom. The Morgan fingerprint density at radius 3 is 1.71 bits per heavy atom. The highest BCUT2D eigenvalue weighted by Gasteiger charge is 2.40. The number of hydrogen-bond acceptors (Lipinski definition) is 3. The first-order valence-electron chi connectivity index (χ1n) is 8.26. The van der Waals surface area contributed by atoms with Gasteiger partial charge in [-0.05, 0) is 26.3 Å². The van der Waals surface area contributed by atoms with E-state index in [9.17, 15) is 0 Å². The highest BCUT2D eigenvalue weighted by Crippen LogP contribution is 2.34. The zero-order valence-electron chi connectivity index (χ0n) is 14.4. The third-order valence-electron chi connectivity index (χ3n) is 4.05. The molecular formula is C16H32O3Si2. The predicted molar refractivity (Wildman–Crippen MR) is 94.4 cm³/mol. The van der Waals surface area contributed by atoms with E-state index in [1.165, 1.54) is 6.04 Å². The standard InChI is InChI=1S/C16H32O3Si2/c1-6-17-21(18-7-2,19-8-3)15-11-14-20(4,5)16-12-9-10-13-16/h9-10,12-13,16H,6-8,11,14-15H2,1-5H3. The van der Waals surface area contributed by atoms with E-state index in [1.54, 1.807) is 0 Å². The quantitative estimate of drug-likeness (QED) is 0.518. The topological polar surface area (TPSA) is 27.7 Å². The third-order valence-corrected chi connectivity index (χ3v) is 11.0. The SMILES string of the molecule is CCO[Si](CCC[Si](C)(C)C1C=CC=C1)(OCC)OCC. The van der Waals surface area contributed by atoms with Gasteiger partial charge in [-0.2, -0.15) is 0 Å². The van der Waals surface area contributed by atoms with Crippen molar-refractivity contribution in [1.82, 2.24) is 0 Å². The van der Waals surface area contributed by atoms with Gasteiger partial charge in [0.1, 0.15) is 0 Å². The lowest BCUT2D eigenvalue weighted by Gasteiger charge is -2.31. The highest BCUT2D eigenvalue weighted by atomic mass is 28.4. The molecule has 0 N–H and O–H groups in total. The van der Waals surface area contributed by atoms with Crippen molar-refractivity contribution in [1.29, 1.82) is 0 Å². The van der Waals surface area contributed by atoms with Crippen LogP contribution >= 0.6 is 0 Å². The van der Waals surface area contributed by atoms with Gasteiger partial charge in [0.25, 0.3) is 0 Å². The van der Waals surface area contributed by atoms with Crippen LogP contribution in [0.25, 0.3) is 0 Å². The van der Waals surface area contributed by atoms with Crippen molar-refractivity contribution in [2.24, 2.45) is 0 Å². The molecule has 0 amide bonds. The molecule has 3 nitrogen and oxygen atoms in total. The summed E-state index contributed by atoms with van der Waals surface area (Å²) in [5, 5.41) is 0. The minimum absolute atomic E-state index is 0.668. The lowest BCUT2D eigenvalue weighted by Crippen LogP contribution is -2.46. The van der Waals surface area contributed by atoms with Crippen LogP contribution in [0.2, 0.25) is 30.7 Å². The van der Waals surface area contributed by atoms with Crippen molar-refractivity contribution in [2.75, 3.05) is 19.8 Å². The van der Waals surface area contributed by atoms with Crippen LogP contribution in [0.15, 0.2) is 24.3 Å². The minimum atomic E-state index is -2.45. The van der Waals surface area contributed by atoms with Crippen LogP contribution in [0.5, 0.6) is 0 Å². The first-order valence-corrected chi connectivity index (χ1v) is 13.5. The Bertz CT molecular complexity index is 324. The first kappa shape index (κ1) is 18.8. The second-order valence-electron chi connectivity index (χ2n) is 6.12. The fourth-order valence-electron chi connectivity index (χ4n) is 2.88. The summed E-state index contributed by atoms with van der Waals surface area (Å²) in [5.41, 5.74) is 0.680. The Kier molecular flexibility index (Phi) is 8.12. The predicted octanol–water partition coefficient (Wildman–Crippen LogP) is 4.63. The molecule has 1 rings (SSSR count). The molecule has 0 aliphatic heterocycles. The Labute approximate surface area is 132 Å². The van der Waals surface area contributed by atoms with Crippen LogP contribution in [0.3, 0.4) is 0 Å². The molecule has 0 saturated carbocycles. The van der Waals surface area contributed by atoms with E-state index in [4.69, 9.17) is 13.3 Å². The lowest BCUT2D eigenvalue weighted by molar-refractivity contribution is 0.0711. The van der Waals surface area contributed by atoms with Crippen molar-refractivity contribution in [3.8, 4) is 0 Å². The summed E-state index contributed by atoms with van der Waals surface area (Å²) in [6.07, 6.45) is 10.2. The van der Waals surface area contributed by atoms with E-state index >= 15 is 0 Å². The summed E-state index contributed by atoms with van der Waals surface area (Å²) in [4.78, 5) is 0. The maximum atomic E-state index is 5.93. The van der Waals surface area contributed by atoms with Crippen LogP contribution in [0, 0.1) is 0 Å². The average molecular weight is 329 g/mol. The molecule has 0 aromatic heterocycles. The Morgan fingerprint density at radius 2 is 1.29 bits per heavy atom. The fourth-order valence-corrected chi connectivity index (χ4v) is 8.53. The van der Waals surface area contributed by atoms with E-state index in [0.717, 1.165) is 12.5 Å². The molecule has 1 aliphatic rings. The van der Waals surface area contributed by atoms with Crippen LogP contribution in [0.1, 0.15) is 27.2 Å². The summed E-state index contributed by atoms with van der Waals surface area (Å²) in [6, 6.07) is 2.23. The van der Waals surface area contributed by atoms with E-state index in [0.29, 0.717) is 25.4 Å². The van der Waals surface area contributed by atoms with Crippen LogP contribution in [-0.2, 0) is 13.3 Å². The summed E-state index contributed by atoms with van der Waals surface area (Å²) < 4.78 is 17.8. The van der Waals surface area contributed by atoms with Crippen molar-refractivity contribution >= 4 is 16.9 Å². The molecule has 0 bridgehead atoms. The van der Waals surface area contributed by atoms with Gasteiger partial charge >= 0.3 is 8.80 Å². The van der Waals surface area contributed by atoms with Crippen molar-refractivity contribution in [3.63, 3.8) is 0 Å². The molecular weight excluding hydrogens is 296 g/mol. The smallest absolute Gasteiger partial charge is 0.374 e. The molecule has 5 heteroatoms. The zero-order chi connectivity index (χ0) is 15.8. The normalized spacial score (nSPS) is 16.0. The summed E-state index contributed by atoms with van der Waals surface area (Å²) in [6.45, 7) is 13.0. The maximum Gasteiger partial charge on any atom is 0.500 e. The monoisotopic (exact) mass is 328 g/mol. The molecule has 0 aromatic carbocycles. The van der Waals surface area contributed by atoms with Gasteiger partial charge in [0.2, 0.25) is 0 Å². The molecule has 0 unspecified atom stereocenters. The molecule has 21 heavy (non-hydrogen) atoms. The van der Waals surface area contributed by atoms with E-state index < -0.39 is 16.9 Å². The number of hydrogen-bond donors (Lipinski definition) is 0. The van der Waals surface area contributed by atoms with Gasteiger partial charge in [0.15, 0.2) is 0 Å². The summed E-state index contributed by atoms with van der Waals surface area (Å²) in [7, 11) is -3.71. The second-order valence-corrected chi connectivity index (χ2v) is 14.0. The van der Waals surface area contributed by atoms with Gasteiger partial charge in [-0.3, -0.25) is 0 Å². The van der Waals surface area contributed by atoms with E-state index in [1.807, 2.05) is 20.8 Å². The van der Waals surface area contributed by atoms with E-state index in [2.05, 4.69) is 37.4 Å². The van der Waals surface area contributed by atoms with Crippen LogP contribution < -0.4 is 0 Å². The second kappa shape index (κ2) is 9.05. The molecule has 0 fully saturated rings. The molecule has 122 valence electrons. The molecule has 1 aliphatic carbocycles. The third kappa shape index (κ3) is 5.83. The van der Waals surface area contributed by atoms with Gasteiger partial charge in [0, 0.05) is 25.9 Å². The fraction of sp³-hybridized carbons (Fsp3) is 0.750. The van der Waals surface area contributed by atoms with Crippen molar-refractivity contribution in [3.05, 3.63) is 24.3 Å². The van der Waals surface area contributed by atoms with Crippen LogP contribution in [0.4, 0.5) is 0 Å². The average Bonchev–Trinajstić information content (AvgIpc) is 2.94. The summed E-state index contributed by atoms with van der Waals surface area (Å²) in [5.74, 6) is 0. The van der Waals surface area contributed by atoms with Gasteiger partial charge in [-0.15, -0.1) is 0 Å². The lowest BCUT2D eigenvalue weighted by atomic mass is 10.5. The first-order chi connectivity index (χ1) is 9.99. The Hall–Kier alpha value is -0.206. The minimum Gasteiger partial charge on any atom is -0.374 e. The zero-order valence-corrected chi connectivity index (χ0v) is 16.4. The highest BCUT2D eigenvalue weighted by molar-refractivity contribution is 6.79. The van der Waals surface area contributed by atoms with Gasteiger partial charge in [0.05, 0.1) is 8.07 Å². The van der Waals surface area contributed by atoms with Crippen LogP contribution in [-0.4, -0.2) is 36.7 Å². The van der Waals surface area contributed by atoms with Crippen molar-refractivity contribution in [2.45, 2.75) is 57.9 Å². The number of rotatable bonds is 11. The molecule has 0 atom stereocenters. The largest absolute Gasteiger partial charge is 0.500 e. The van der Waals surface area contributed by atoms with Gasteiger partial charge < -0.3 is 13.3 Å². The molecule has 0 spiro atoms.